The second-order valence-corrected chi connectivity index (χ2v) is 8.93. The van der Waals surface area contributed by atoms with Crippen molar-refractivity contribution in [1.29, 1.82) is 0 Å². The van der Waals surface area contributed by atoms with Gasteiger partial charge in [0.15, 0.2) is 0 Å². The summed E-state index contributed by atoms with van der Waals surface area (Å²) in [5.41, 5.74) is 0.505. The normalized spacial score (nSPS) is 30.0. The van der Waals surface area contributed by atoms with Crippen LogP contribution in [0.1, 0.15) is 38.5 Å². The zero-order valence-electron chi connectivity index (χ0n) is 14.4. The number of piperidine rings is 2. The molecule has 1 amide bonds. The van der Waals surface area contributed by atoms with Crippen molar-refractivity contribution in [2.45, 2.75) is 38.5 Å². The van der Waals surface area contributed by atoms with E-state index in [2.05, 4.69) is 35.3 Å². The number of nitrogens with one attached hydrogen (secondary N) is 1. The minimum absolute atomic E-state index is 0.127. The van der Waals surface area contributed by atoms with Crippen LogP contribution in [0.2, 0.25) is 0 Å². The van der Waals surface area contributed by atoms with Gasteiger partial charge in [-0.3, -0.25) is 19.2 Å². The second-order valence-electron chi connectivity index (χ2n) is 7.88. The van der Waals surface area contributed by atoms with Crippen LogP contribution >= 0.6 is 25.6 Å². The van der Waals surface area contributed by atoms with E-state index in [1.54, 1.807) is 9.31 Å². The molecule has 0 aromatic rings. The quantitative estimate of drug-likeness (QED) is 0.376. The van der Waals surface area contributed by atoms with Crippen molar-refractivity contribution in [3.8, 4) is 0 Å². The molecule has 4 aliphatic heterocycles. The molecule has 0 saturated carbocycles. The van der Waals surface area contributed by atoms with Gasteiger partial charge in [-0.2, -0.15) is 0 Å². The molecule has 2 spiro atoms. The summed E-state index contributed by atoms with van der Waals surface area (Å²) < 4.78 is 3.72. The lowest BCUT2D eigenvalue weighted by Gasteiger charge is -2.35. The van der Waals surface area contributed by atoms with Gasteiger partial charge in [0.2, 0.25) is 5.91 Å². The van der Waals surface area contributed by atoms with E-state index in [0.29, 0.717) is 5.41 Å². The van der Waals surface area contributed by atoms with E-state index in [1.165, 1.54) is 45.4 Å². The summed E-state index contributed by atoms with van der Waals surface area (Å²) >= 11 is 8.52. The summed E-state index contributed by atoms with van der Waals surface area (Å²) in [4.78, 5) is 11.8. The molecular formula is C16H31N5OS2. The van der Waals surface area contributed by atoms with Crippen molar-refractivity contribution >= 4 is 31.5 Å². The molecule has 4 heterocycles. The first-order valence-corrected chi connectivity index (χ1v) is 9.90. The van der Waals surface area contributed by atoms with Crippen molar-refractivity contribution in [2.75, 3.05) is 45.8 Å². The van der Waals surface area contributed by atoms with Gasteiger partial charge in [0, 0.05) is 32.7 Å². The molecule has 138 valence electrons. The average Bonchev–Trinajstić information content (AvgIpc) is 3.07. The van der Waals surface area contributed by atoms with E-state index < -0.39 is 0 Å². The Bertz CT molecular complexity index is 444. The SMILES string of the molecule is NN1CCC2(CC1)CCN(S)C2=O.SN1CCC2(CCNCC2)C1. The van der Waals surface area contributed by atoms with Gasteiger partial charge in [-0.15, -0.1) is 0 Å². The van der Waals surface area contributed by atoms with Crippen LogP contribution in [-0.4, -0.2) is 65.3 Å². The first kappa shape index (κ1) is 18.8. The zero-order chi connectivity index (χ0) is 17.2. The summed E-state index contributed by atoms with van der Waals surface area (Å²) in [5.74, 6) is 5.85. The van der Waals surface area contributed by atoms with Gasteiger partial charge in [0.05, 0.1) is 5.41 Å². The number of hydrogen-bond donors (Lipinski definition) is 4. The number of amides is 1. The summed E-state index contributed by atoms with van der Waals surface area (Å²) in [6.07, 6.45) is 6.79. The molecule has 0 atom stereocenters. The van der Waals surface area contributed by atoms with Crippen molar-refractivity contribution < 1.29 is 4.79 Å². The van der Waals surface area contributed by atoms with Crippen LogP contribution in [0.25, 0.3) is 0 Å². The standard InChI is InChI=1S/C8H15N3OS.C8H16N2S/c9-10-4-1-8(2-5-10)3-6-11(13)7(8)12;11-10-6-3-8(7-10)1-4-9-5-2-8/h13H,1-6,9H2;9,11H,1-7H2. The molecule has 0 bridgehead atoms. The summed E-state index contributed by atoms with van der Waals surface area (Å²) in [6, 6.07) is 0. The summed E-state index contributed by atoms with van der Waals surface area (Å²) in [5, 5.41) is 5.20. The molecule has 4 rings (SSSR count). The third kappa shape index (κ3) is 4.04. The Kier molecular flexibility index (Phi) is 6.04. The molecule has 3 N–H and O–H groups in total. The van der Waals surface area contributed by atoms with Gasteiger partial charge in [0.25, 0.3) is 0 Å². The Hall–Kier alpha value is 0.01000. The molecule has 8 heteroatoms. The third-order valence-corrected chi connectivity index (χ3v) is 7.05. The molecule has 0 radical (unpaired) electrons. The topological polar surface area (TPSA) is 64.8 Å². The predicted molar refractivity (Wildman–Crippen MR) is 102 cm³/mol. The van der Waals surface area contributed by atoms with Gasteiger partial charge >= 0.3 is 0 Å². The number of hydrogen-bond acceptors (Lipinski definition) is 7. The maximum absolute atomic E-state index is 11.8. The number of carbonyl (C=O) groups is 1. The zero-order valence-corrected chi connectivity index (χ0v) is 16.2. The Morgan fingerprint density at radius 2 is 1.54 bits per heavy atom. The maximum Gasteiger partial charge on any atom is 0.238 e. The minimum atomic E-state index is -0.127. The van der Waals surface area contributed by atoms with Crippen LogP contribution in [0.5, 0.6) is 0 Å². The lowest BCUT2D eigenvalue weighted by molar-refractivity contribution is -0.134. The molecular weight excluding hydrogens is 342 g/mol. The second kappa shape index (κ2) is 7.72. The smallest absolute Gasteiger partial charge is 0.238 e. The number of nitrogens with two attached hydrogens (primary N) is 1. The van der Waals surface area contributed by atoms with Crippen LogP contribution in [0.3, 0.4) is 0 Å². The van der Waals surface area contributed by atoms with Crippen molar-refractivity contribution in [3.05, 3.63) is 0 Å². The number of nitrogens with zero attached hydrogens (tertiary/aromatic N) is 3. The molecule has 0 aromatic carbocycles. The number of rotatable bonds is 0. The van der Waals surface area contributed by atoms with Crippen molar-refractivity contribution in [2.24, 2.45) is 16.7 Å². The fourth-order valence-corrected chi connectivity index (χ4v) is 5.21. The molecule has 24 heavy (non-hydrogen) atoms. The average molecular weight is 374 g/mol. The Balaban J connectivity index is 0.000000143. The van der Waals surface area contributed by atoms with Crippen LogP contribution in [-0.2, 0) is 4.79 Å². The molecule has 4 saturated heterocycles. The highest BCUT2D eigenvalue weighted by Gasteiger charge is 2.47. The minimum Gasteiger partial charge on any atom is -0.317 e. The highest BCUT2D eigenvalue weighted by Crippen LogP contribution is 2.41. The van der Waals surface area contributed by atoms with Gasteiger partial charge in [0.1, 0.15) is 0 Å². The van der Waals surface area contributed by atoms with Crippen LogP contribution in [0, 0.1) is 10.8 Å². The van der Waals surface area contributed by atoms with E-state index in [1.807, 2.05) is 0 Å². The van der Waals surface area contributed by atoms with Gasteiger partial charge in [-0.25, -0.2) is 5.01 Å². The van der Waals surface area contributed by atoms with E-state index >= 15 is 0 Å². The Morgan fingerprint density at radius 1 is 0.917 bits per heavy atom. The fourth-order valence-electron chi connectivity index (χ4n) is 4.49. The van der Waals surface area contributed by atoms with Crippen molar-refractivity contribution in [3.63, 3.8) is 0 Å². The lowest BCUT2D eigenvalue weighted by Crippen LogP contribution is -2.46. The van der Waals surface area contributed by atoms with Crippen molar-refractivity contribution in [1.82, 2.24) is 18.9 Å². The number of hydrazine groups is 1. The van der Waals surface area contributed by atoms with E-state index in [4.69, 9.17) is 5.84 Å². The molecule has 6 nitrogen and oxygen atoms in total. The molecule has 4 aliphatic rings. The lowest BCUT2D eigenvalue weighted by atomic mass is 9.77. The molecule has 0 aromatic heterocycles. The van der Waals surface area contributed by atoms with Gasteiger partial charge < -0.3 is 5.32 Å². The monoisotopic (exact) mass is 373 g/mol. The van der Waals surface area contributed by atoms with Gasteiger partial charge in [-0.05, 0) is 57.0 Å². The maximum atomic E-state index is 11.8. The molecule has 4 fully saturated rings. The largest absolute Gasteiger partial charge is 0.317 e. The number of carbonyl (C=O) groups excluding carboxylic acids is 1. The molecule has 0 unspecified atom stereocenters. The highest BCUT2D eigenvalue weighted by atomic mass is 32.1. The third-order valence-electron chi connectivity index (χ3n) is 6.33. The fraction of sp³-hybridized carbons (Fsp3) is 0.938. The summed E-state index contributed by atoms with van der Waals surface area (Å²) in [7, 11) is 0. The first-order valence-electron chi connectivity index (χ1n) is 9.10. The van der Waals surface area contributed by atoms with E-state index in [0.717, 1.165) is 38.9 Å². The number of thiol groups is 2. The van der Waals surface area contributed by atoms with Crippen LogP contribution in [0.15, 0.2) is 0 Å². The predicted octanol–water partition coefficient (Wildman–Crippen LogP) is 0.926. The van der Waals surface area contributed by atoms with E-state index in [9.17, 15) is 4.79 Å². The van der Waals surface area contributed by atoms with Crippen LogP contribution < -0.4 is 11.2 Å². The first-order chi connectivity index (χ1) is 11.4. The Labute approximate surface area is 156 Å². The summed E-state index contributed by atoms with van der Waals surface area (Å²) in [6.45, 7) is 7.25. The Morgan fingerprint density at radius 3 is 2.04 bits per heavy atom. The van der Waals surface area contributed by atoms with E-state index in [-0.39, 0.29) is 11.3 Å². The molecule has 0 aliphatic carbocycles. The highest BCUT2D eigenvalue weighted by molar-refractivity contribution is 7.78. The van der Waals surface area contributed by atoms with Gasteiger partial charge in [-0.1, -0.05) is 25.6 Å². The van der Waals surface area contributed by atoms with Crippen LogP contribution in [0.4, 0.5) is 0 Å².